The average Bonchev–Trinajstić information content (AvgIpc) is 2.91. The Morgan fingerprint density at radius 2 is 2.05 bits per heavy atom. The lowest BCUT2D eigenvalue weighted by Crippen LogP contribution is -2.61. The number of likely N-dealkylation sites (N-methyl/N-ethyl adjacent to an activating group) is 1. The van der Waals surface area contributed by atoms with E-state index in [9.17, 15) is 0 Å². The second-order valence-corrected chi connectivity index (χ2v) is 6.92. The van der Waals surface area contributed by atoms with Gasteiger partial charge in [0, 0.05) is 25.2 Å². The van der Waals surface area contributed by atoms with Crippen molar-refractivity contribution >= 4 is 0 Å². The smallest absolute Gasteiger partial charge is 0.0702 e. The van der Waals surface area contributed by atoms with Crippen LogP contribution < -0.4 is 5.73 Å². The summed E-state index contributed by atoms with van der Waals surface area (Å²) in [6, 6.07) is 0. The van der Waals surface area contributed by atoms with Crippen molar-refractivity contribution in [2.45, 2.75) is 64.0 Å². The van der Waals surface area contributed by atoms with Gasteiger partial charge in [0.2, 0.25) is 0 Å². The van der Waals surface area contributed by atoms with Gasteiger partial charge in [-0.2, -0.15) is 0 Å². The van der Waals surface area contributed by atoms with Crippen molar-refractivity contribution in [3.05, 3.63) is 0 Å². The van der Waals surface area contributed by atoms with Crippen molar-refractivity contribution in [2.24, 2.45) is 17.6 Å². The van der Waals surface area contributed by atoms with Crippen molar-refractivity contribution in [3.8, 4) is 0 Å². The first kappa shape index (κ1) is 15.3. The van der Waals surface area contributed by atoms with Crippen LogP contribution in [0.2, 0.25) is 0 Å². The molecular weight excluding hydrogens is 236 g/mol. The maximum atomic E-state index is 6.26. The number of rotatable bonds is 5. The Morgan fingerprint density at radius 3 is 2.63 bits per heavy atom. The molecule has 112 valence electrons. The molecule has 2 fully saturated rings. The Morgan fingerprint density at radius 1 is 1.26 bits per heavy atom. The molecule has 0 aromatic rings. The van der Waals surface area contributed by atoms with Crippen LogP contribution in [0.25, 0.3) is 0 Å². The highest BCUT2D eigenvalue weighted by atomic mass is 16.5. The van der Waals surface area contributed by atoms with E-state index in [2.05, 4.69) is 25.8 Å². The first-order chi connectivity index (χ1) is 9.10. The Bertz CT molecular complexity index is 276. The minimum absolute atomic E-state index is 0.207. The molecule has 3 heteroatoms. The van der Waals surface area contributed by atoms with Crippen molar-refractivity contribution in [3.63, 3.8) is 0 Å². The molecule has 0 bridgehead atoms. The molecule has 1 aliphatic heterocycles. The molecule has 2 aliphatic rings. The van der Waals surface area contributed by atoms with Crippen molar-refractivity contribution in [1.29, 1.82) is 0 Å². The lowest BCUT2D eigenvalue weighted by molar-refractivity contribution is -0.0259. The first-order valence-corrected chi connectivity index (χ1v) is 8.13. The molecule has 3 atom stereocenters. The van der Waals surface area contributed by atoms with Gasteiger partial charge in [-0.1, -0.05) is 26.7 Å². The average molecular weight is 268 g/mol. The Labute approximate surface area is 118 Å². The standard InChI is InChI=1S/C16H32N2O/c1-13(2)15-8-4-5-9-16(15,12-17)18(3)11-14-7-6-10-19-14/h13-15H,4-12,17H2,1-3H3. The molecule has 0 amide bonds. The molecule has 0 radical (unpaired) electrons. The second kappa shape index (κ2) is 6.55. The van der Waals surface area contributed by atoms with Crippen LogP contribution >= 0.6 is 0 Å². The van der Waals surface area contributed by atoms with Crippen LogP contribution in [-0.2, 0) is 4.74 Å². The van der Waals surface area contributed by atoms with E-state index in [1.54, 1.807) is 0 Å². The van der Waals surface area contributed by atoms with E-state index < -0.39 is 0 Å². The van der Waals surface area contributed by atoms with Gasteiger partial charge in [-0.05, 0) is 44.6 Å². The molecule has 1 saturated heterocycles. The monoisotopic (exact) mass is 268 g/mol. The molecular formula is C16H32N2O. The van der Waals surface area contributed by atoms with Gasteiger partial charge < -0.3 is 10.5 Å². The van der Waals surface area contributed by atoms with E-state index >= 15 is 0 Å². The summed E-state index contributed by atoms with van der Waals surface area (Å²) in [7, 11) is 2.27. The summed E-state index contributed by atoms with van der Waals surface area (Å²) in [6.45, 7) is 7.52. The van der Waals surface area contributed by atoms with Crippen LogP contribution in [0, 0.1) is 11.8 Å². The molecule has 3 unspecified atom stereocenters. The van der Waals surface area contributed by atoms with E-state index in [1.807, 2.05) is 0 Å². The highest BCUT2D eigenvalue weighted by molar-refractivity contribution is 5.00. The third-order valence-electron chi connectivity index (χ3n) is 5.48. The van der Waals surface area contributed by atoms with E-state index in [1.165, 1.54) is 38.5 Å². The Hall–Kier alpha value is -0.120. The summed E-state index contributed by atoms with van der Waals surface area (Å²) in [4.78, 5) is 2.55. The normalized spacial score (nSPS) is 36.3. The molecule has 1 aliphatic carbocycles. The van der Waals surface area contributed by atoms with Gasteiger partial charge >= 0.3 is 0 Å². The van der Waals surface area contributed by atoms with Gasteiger partial charge in [-0.25, -0.2) is 0 Å². The molecule has 1 saturated carbocycles. The quantitative estimate of drug-likeness (QED) is 0.833. The van der Waals surface area contributed by atoms with Crippen LogP contribution in [0.1, 0.15) is 52.4 Å². The number of hydrogen-bond donors (Lipinski definition) is 1. The Kier molecular flexibility index (Phi) is 5.27. The summed E-state index contributed by atoms with van der Waals surface area (Å²) in [5, 5.41) is 0. The SMILES string of the molecule is CC(C)C1CCCCC1(CN)N(C)CC1CCCO1. The number of hydrogen-bond acceptors (Lipinski definition) is 3. The van der Waals surface area contributed by atoms with Crippen LogP contribution in [0.4, 0.5) is 0 Å². The minimum atomic E-state index is 0.207. The third kappa shape index (κ3) is 3.14. The molecule has 19 heavy (non-hydrogen) atoms. The topological polar surface area (TPSA) is 38.5 Å². The van der Waals surface area contributed by atoms with Gasteiger partial charge in [-0.3, -0.25) is 4.90 Å². The summed E-state index contributed by atoms with van der Waals surface area (Å²) < 4.78 is 5.82. The van der Waals surface area contributed by atoms with E-state index in [-0.39, 0.29) is 5.54 Å². The zero-order valence-electron chi connectivity index (χ0n) is 13.0. The summed E-state index contributed by atoms with van der Waals surface area (Å²) in [6.07, 6.45) is 8.18. The lowest BCUT2D eigenvalue weighted by atomic mass is 9.67. The molecule has 0 aromatic carbocycles. The van der Waals surface area contributed by atoms with E-state index in [4.69, 9.17) is 10.5 Å². The largest absolute Gasteiger partial charge is 0.377 e. The Balaban J connectivity index is 2.08. The van der Waals surface area contributed by atoms with Crippen molar-refractivity contribution < 1.29 is 4.74 Å². The highest BCUT2D eigenvalue weighted by Crippen LogP contribution is 2.41. The fourth-order valence-corrected chi connectivity index (χ4v) is 4.36. The first-order valence-electron chi connectivity index (χ1n) is 8.13. The van der Waals surface area contributed by atoms with E-state index in [0.29, 0.717) is 6.10 Å². The predicted molar refractivity (Wildman–Crippen MR) is 80.2 cm³/mol. The predicted octanol–water partition coefficient (Wildman–Crippen LogP) is 2.64. The summed E-state index contributed by atoms with van der Waals surface area (Å²) in [5.74, 6) is 1.45. The third-order valence-corrected chi connectivity index (χ3v) is 5.48. The zero-order chi connectivity index (χ0) is 13.9. The van der Waals surface area contributed by atoms with Crippen LogP contribution in [0.3, 0.4) is 0 Å². The summed E-state index contributed by atoms with van der Waals surface area (Å²) >= 11 is 0. The number of nitrogens with two attached hydrogens (primary N) is 1. The number of nitrogens with zero attached hydrogens (tertiary/aromatic N) is 1. The van der Waals surface area contributed by atoms with Crippen LogP contribution in [-0.4, -0.2) is 43.3 Å². The van der Waals surface area contributed by atoms with Crippen LogP contribution in [0.15, 0.2) is 0 Å². The summed E-state index contributed by atoms with van der Waals surface area (Å²) in [5.41, 5.74) is 6.47. The number of ether oxygens (including phenoxy) is 1. The van der Waals surface area contributed by atoms with Crippen molar-refractivity contribution in [1.82, 2.24) is 4.90 Å². The molecule has 2 N–H and O–H groups in total. The molecule has 3 nitrogen and oxygen atoms in total. The van der Waals surface area contributed by atoms with Crippen molar-refractivity contribution in [2.75, 3.05) is 26.7 Å². The lowest BCUT2D eigenvalue weighted by Gasteiger charge is -2.52. The highest BCUT2D eigenvalue weighted by Gasteiger charge is 2.44. The van der Waals surface area contributed by atoms with Gasteiger partial charge in [0.05, 0.1) is 6.10 Å². The maximum Gasteiger partial charge on any atom is 0.0702 e. The molecule has 2 rings (SSSR count). The minimum Gasteiger partial charge on any atom is -0.377 e. The van der Waals surface area contributed by atoms with Gasteiger partial charge in [0.1, 0.15) is 0 Å². The van der Waals surface area contributed by atoms with Gasteiger partial charge in [0.15, 0.2) is 0 Å². The van der Waals surface area contributed by atoms with Gasteiger partial charge in [0.25, 0.3) is 0 Å². The fourth-order valence-electron chi connectivity index (χ4n) is 4.36. The molecule has 1 heterocycles. The molecule has 0 aromatic heterocycles. The zero-order valence-corrected chi connectivity index (χ0v) is 13.0. The van der Waals surface area contributed by atoms with E-state index in [0.717, 1.165) is 31.5 Å². The molecule has 0 spiro atoms. The van der Waals surface area contributed by atoms with Gasteiger partial charge in [-0.15, -0.1) is 0 Å². The fraction of sp³-hybridized carbons (Fsp3) is 1.00. The second-order valence-electron chi connectivity index (χ2n) is 6.92. The van der Waals surface area contributed by atoms with Crippen LogP contribution in [0.5, 0.6) is 0 Å². The maximum absolute atomic E-state index is 6.26.